The maximum Gasteiger partial charge on any atom is 0.307 e. The lowest BCUT2D eigenvalue weighted by molar-refractivity contribution is 0.0923. The average Bonchev–Trinajstić information content (AvgIpc) is 3.70. The molecule has 0 aliphatic carbocycles. The molecule has 3 aromatic carbocycles. The van der Waals surface area contributed by atoms with Crippen LogP contribution in [0, 0.1) is 20.8 Å². The lowest BCUT2D eigenvalue weighted by Gasteiger charge is -2.10. The van der Waals surface area contributed by atoms with E-state index < -0.39 is 5.91 Å². The molecule has 1 amide bonds. The smallest absolute Gasteiger partial charge is 0.307 e. The molecule has 0 saturated carbocycles. The molecule has 0 atom stereocenters. The standard InChI is InChI=1S/C35H32N4O3/c1-24-13-14-25(2)39(24)28-15-17-29(18-16-28)41-23-30-19-20-34(42-30)35(40)37-36-21-32-26(3)38(22-27-9-5-4-6-10-27)33-12-8-7-11-31(32)33/h4-21H,22-23H2,1-3H3,(H,37,40)/b36-21+. The second-order valence-electron chi connectivity index (χ2n) is 10.3. The first-order valence-electron chi connectivity index (χ1n) is 13.9. The van der Waals surface area contributed by atoms with Crippen molar-refractivity contribution in [2.24, 2.45) is 5.10 Å². The molecule has 0 radical (unpaired) electrons. The van der Waals surface area contributed by atoms with Crippen molar-refractivity contribution in [3.8, 4) is 11.4 Å². The van der Waals surface area contributed by atoms with Gasteiger partial charge >= 0.3 is 5.91 Å². The van der Waals surface area contributed by atoms with Crippen LogP contribution in [0.5, 0.6) is 5.75 Å². The van der Waals surface area contributed by atoms with Crippen LogP contribution in [0.3, 0.4) is 0 Å². The Morgan fingerprint density at radius 2 is 1.57 bits per heavy atom. The minimum Gasteiger partial charge on any atom is -0.486 e. The summed E-state index contributed by atoms with van der Waals surface area (Å²) < 4.78 is 16.1. The van der Waals surface area contributed by atoms with Crippen LogP contribution in [0.25, 0.3) is 16.6 Å². The van der Waals surface area contributed by atoms with Crippen molar-refractivity contribution < 1.29 is 13.9 Å². The Balaban J connectivity index is 1.09. The van der Waals surface area contributed by atoms with Gasteiger partial charge in [0.2, 0.25) is 0 Å². The minimum absolute atomic E-state index is 0.169. The van der Waals surface area contributed by atoms with Crippen LogP contribution in [0.4, 0.5) is 0 Å². The zero-order valence-electron chi connectivity index (χ0n) is 23.9. The summed E-state index contributed by atoms with van der Waals surface area (Å²) in [4.78, 5) is 12.8. The van der Waals surface area contributed by atoms with Gasteiger partial charge in [0.05, 0.1) is 6.21 Å². The first-order valence-corrected chi connectivity index (χ1v) is 13.9. The fourth-order valence-electron chi connectivity index (χ4n) is 5.30. The van der Waals surface area contributed by atoms with Gasteiger partial charge in [0.1, 0.15) is 18.1 Å². The van der Waals surface area contributed by atoms with E-state index in [0.717, 1.165) is 40.1 Å². The zero-order chi connectivity index (χ0) is 29.1. The molecule has 3 heterocycles. The number of ether oxygens (including phenoxy) is 1. The maximum atomic E-state index is 12.8. The van der Waals surface area contributed by atoms with Crippen molar-refractivity contribution in [3.63, 3.8) is 0 Å². The van der Waals surface area contributed by atoms with E-state index in [-0.39, 0.29) is 12.4 Å². The predicted octanol–water partition coefficient (Wildman–Crippen LogP) is 7.34. The molecular formula is C35H32N4O3. The van der Waals surface area contributed by atoms with Gasteiger partial charge in [-0.1, -0.05) is 48.5 Å². The average molecular weight is 557 g/mol. The first-order chi connectivity index (χ1) is 20.5. The summed E-state index contributed by atoms with van der Waals surface area (Å²) in [5.41, 5.74) is 10.4. The highest BCUT2D eigenvalue weighted by Gasteiger charge is 2.14. The van der Waals surface area contributed by atoms with Crippen LogP contribution in [0.15, 0.2) is 113 Å². The number of nitrogens with one attached hydrogen (secondary N) is 1. The second-order valence-corrected chi connectivity index (χ2v) is 10.3. The molecule has 0 aliphatic rings. The Morgan fingerprint density at radius 1 is 0.857 bits per heavy atom. The van der Waals surface area contributed by atoms with E-state index in [1.807, 2.05) is 54.6 Å². The van der Waals surface area contributed by atoms with Gasteiger partial charge in [0, 0.05) is 45.8 Å². The van der Waals surface area contributed by atoms with E-state index in [1.54, 1.807) is 18.3 Å². The number of hydrogen-bond acceptors (Lipinski definition) is 4. The van der Waals surface area contributed by atoms with Gasteiger partial charge in [0.15, 0.2) is 5.76 Å². The van der Waals surface area contributed by atoms with E-state index in [0.29, 0.717) is 5.76 Å². The summed E-state index contributed by atoms with van der Waals surface area (Å²) in [5, 5.41) is 5.34. The molecule has 3 aromatic heterocycles. The molecule has 7 heteroatoms. The number of carbonyl (C=O) groups excluding carboxylic acids is 1. The zero-order valence-corrected chi connectivity index (χ0v) is 23.9. The van der Waals surface area contributed by atoms with Crippen molar-refractivity contribution in [2.75, 3.05) is 0 Å². The molecule has 0 fully saturated rings. The number of hydrazone groups is 1. The lowest BCUT2D eigenvalue weighted by atomic mass is 10.1. The van der Waals surface area contributed by atoms with Crippen LogP contribution in [0.1, 0.15) is 44.5 Å². The molecule has 6 aromatic rings. The number of para-hydroxylation sites is 1. The van der Waals surface area contributed by atoms with Crippen LogP contribution in [0.2, 0.25) is 0 Å². The number of benzene rings is 3. The van der Waals surface area contributed by atoms with Crippen LogP contribution < -0.4 is 10.2 Å². The van der Waals surface area contributed by atoms with Crippen LogP contribution in [-0.4, -0.2) is 21.3 Å². The number of amides is 1. The van der Waals surface area contributed by atoms with Gasteiger partial charge in [-0.15, -0.1) is 0 Å². The third-order valence-electron chi connectivity index (χ3n) is 7.46. The van der Waals surface area contributed by atoms with Crippen molar-refractivity contribution in [2.45, 2.75) is 33.9 Å². The summed E-state index contributed by atoms with van der Waals surface area (Å²) in [6.45, 7) is 7.19. The van der Waals surface area contributed by atoms with Crippen molar-refractivity contribution in [1.82, 2.24) is 14.6 Å². The fourth-order valence-corrected chi connectivity index (χ4v) is 5.30. The Bertz CT molecular complexity index is 1860. The van der Waals surface area contributed by atoms with E-state index in [1.165, 1.54) is 17.0 Å². The third kappa shape index (κ3) is 5.49. The Morgan fingerprint density at radius 3 is 2.33 bits per heavy atom. The normalized spacial score (nSPS) is 11.4. The number of nitrogens with zero attached hydrogens (tertiary/aromatic N) is 3. The van der Waals surface area contributed by atoms with Gasteiger partial charge in [-0.2, -0.15) is 5.10 Å². The van der Waals surface area contributed by atoms with Gasteiger partial charge in [-0.25, -0.2) is 5.43 Å². The topological polar surface area (TPSA) is 73.7 Å². The van der Waals surface area contributed by atoms with E-state index in [9.17, 15) is 4.79 Å². The van der Waals surface area contributed by atoms with Crippen LogP contribution >= 0.6 is 0 Å². The number of fused-ring (bicyclic) bond motifs is 1. The molecule has 1 N–H and O–H groups in total. The number of rotatable bonds is 9. The highest BCUT2D eigenvalue weighted by atomic mass is 16.5. The minimum atomic E-state index is -0.426. The SMILES string of the molecule is Cc1ccc(C)n1-c1ccc(OCc2ccc(C(=O)N/N=C/c3c(C)n(Cc4ccccc4)c4ccccc34)o2)cc1. The largest absolute Gasteiger partial charge is 0.486 e. The number of furan rings is 1. The summed E-state index contributed by atoms with van der Waals surface area (Å²) in [6.07, 6.45) is 1.70. The fraction of sp³-hybridized carbons (Fsp3) is 0.143. The molecule has 0 bridgehead atoms. The van der Waals surface area contributed by atoms with E-state index in [4.69, 9.17) is 9.15 Å². The molecule has 0 unspecified atom stereocenters. The van der Waals surface area contributed by atoms with Gasteiger partial charge in [-0.3, -0.25) is 4.79 Å². The highest BCUT2D eigenvalue weighted by Crippen LogP contribution is 2.26. The molecule has 0 aliphatic heterocycles. The van der Waals surface area contributed by atoms with E-state index >= 15 is 0 Å². The van der Waals surface area contributed by atoms with Crippen molar-refractivity contribution in [3.05, 3.63) is 143 Å². The van der Waals surface area contributed by atoms with Gasteiger partial charge in [0.25, 0.3) is 0 Å². The number of carbonyl (C=O) groups is 1. The Hall–Kier alpha value is -5.30. The summed E-state index contributed by atoms with van der Waals surface area (Å²) in [7, 11) is 0. The highest BCUT2D eigenvalue weighted by molar-refractivity contribution is 6.01. The monoisotopic (exact) mass is 556 g/mol. The van der Waals surface area contributed by atoms with Gasteiger partial charge < -0.3 is 18.3 Å². The maximum absolute atomic E-state index is 12.8. The summed E-state index contributed by atoms with van der Waals surface area (Å²) >= 11 is 0. The predicted molar refractivity (Wildman–Crippen MR) is 166 cm³/mol. The number of hydrogen-bond donors (Lipinski definition) is 1. The van der Waals surface area contributed by atoms with Crippen molar-refractivity contribution in [1.29, 1.82) is 0 Å². The van der Waals surface area contributed by atoms with Crippen LogP contribution in [-0.2, 0) is 13.2 Å². The lowest BCUT2D eigenvalue weighted by Crippen LogP contribution is -2.16. The molecule has 42 heavy (non-hydrogen) atoms. The second kappa shape index (κ2) is 11.7. The molecule has 210 valence electrons. The molecule has 7 nitrogen and oxygen atoms in total. The quantitative estimate of drug-likeness (QED) is 0.150. The van der Waals surface area contributed by atoms with Gasteiger partial charge in [-0.05, 0) is 80.9 Å². The van der Waals surface area contributed by atoms with Crippen molar-refractivity contribution >= 4 is 23.0 Å². The molecule has 0 saturated heterocycles. The van der Waals surface area contributed by atoms with E-state index in [2.05, 4.69) is 76.8 Å². The third-order valence-corrected chi connectivity index (χ3v) is 7.46. The summed E-state index contributed by atoms with van der Waals surface area (Å²) in [5.74, 6) is 1.01. The Kier molecular flexibility index (Phi) is 7.47. The molecule has 6 rings (SSSR count). The molecular weight excluding hydrogens is 524 g/mol. The Labute approximate surface area is 244 Å². The number of aromatic nitrogens is 2. The summed E-state index contributed by atoms with van der Waals surface area (Å²) in [6, 6.07) is 34.0. The number of aryl methyl sites for hydroxylation is 2. The first kappa shape index (κ1) is 26.9. The molecule has 0 spiro atoms.